The second-order valence-electron chi connectivity index (χ2n) is 6.56. The van der Waals surface area contributed by atoms with E-state index in [4.69, 9.17) is 11.6 Å². The maximum Gasteiger partial charge on any atom is 0.255 e. The number of aromatic nitrogens is 2. The molecule has 28 heavy (non-hydrogen) atoms. The molecule has 1 fully saturated rings. The van der Waals surface area contributed by atoms with Crippen molar-refractivity contribution in [3.63, 3.8) is 0 Å². The molecule has 3 heterocycles. The maximum absolute atomic E-state index is 12.9. The summed E-state index contributed by atoms with van der Waals surface area (Å²) in [6.07, 6.45) is 5.09. The summed E-state index contributed by atoms with van der Waals surface area (Å²) in [5.74, 6) is 0.937. The van der Waals surface area contributed by atoms with Gasteiger partial charge in [-0.05, 0) is 36.4 Å². The lowest BCUT2D eigenvalue weighted by Crippen LogP contribution is -2.49. The molecule has 1 aromatic carbocycles. The smallest absolute Gasteiger partial charge is 0.255 e. The van der Waals surface area contributed by atoms with Crippen molar-refractivity contribution in [2.24, 2.45) is 0 Å². The number of rotatable bonds is 4. The Morgan fingerprint density at radius 3 is 2.57 bits per heavy atom. The number of carbonyl (C=O) groups excluding carboxylic acids is 1. The van der Waals surface area contributed by atoms with E-state index in [0.717, 1.165) is 30.3 Å². The zero-order chi connectivity index (χ0) is 19.3. The number of nitrogens with one attached hydrogen (secondary N) is 1. The van der Waals surface area contributed by atoms with Gasteiger partial charge in [0.1, 0.15) is 5.82 Å². The summed E-state index contributed by atoms with van der Waals surface area (Å²) in [7, 11) is 0. The molecule has 1 aliphatic rings. The van der Waals surface area contributed by atoms with E-state index in [1.807, 2.05) is 53.4 Å². The van der Waals surface area contributed by atoms with Crippen LogP contribution >= 0.6 is 11.6 Å². The molecule has 0 unspecified atom stereocenters. The Morgan fingerprint density at radius 2 is 1.82 bits per heavy atom. The molecule has 0 spiro atoms. The normalized spacial score (nSPS) is 14.0. The molecule has 142 valence electrons. The van der Waals surface area contributed by atoms with Crippen LogP contribution in [0.4, 0.5) is 17.2 Å². The van der Waals surface area contributed by atoms with Gasteiger partial charge < -0.3 is 15.1 Å². The molecule has 4 rings (SSSR count). The minimum atomic E-state index is -0.0112. The minimum absolute atomic E-state index is 0.0112. The number of anilines is 3. The first-order valence-electron chi connectivity index (χ1n) is 9.12. The predicted molar refractivity (Wildman–Crippen MR) is 111 cm³/mol. The number of hydrogen-bond donors (Lipinski definition) is 1. The quantitative estimate of drug-likeness (QED) is 0.729. The predicted octanol–water partition coefficient (Wildman–Crippen LogP) is 3.84. The molecule has 0 radical (unpaired) electrons. The van der Waals surface area contributed by atoms with Crippen molar-refractivity contribution in [2.45, 2.75) is 0 Å². The van der Waals surface area contributed by atoms with Crippen molar-refractivity contribution in [2.75, 3.05) is 36.4 Å². The molecule has 6 nitrogen and oxygen atoms in total. The molecule has 1 N–H and O–H groups in total. The number of piperazine rings is 1. The van der Waals surface area contributed by atoms with Gasteiger partial charge in [-0.2, -0.15) is 0 Å². The van der Waals surface area contributed by atoms with Crippen molar-refractivity contribution in [3.05, 3.63) is 77.7 Å². The zero-order valence-corrected chi connectivity index (χ0v) is 16.0. The van der Waals surface area contributed by atoms with E-state index in [-0.39, 0.29) is 5.91 Å². The van der Waals surface area contributed by atoms with E-state index in [9.17, 15) is 4.79 Å². The summed E-state index contributed by atoms with van der Waals surface area (Å²) in [5.41, 5.74) is 2.17. The first-order chi connectivity index (χ1) is 13.7. The van der Waals surface area contributed by atoms with Gasteiger partial charge >= 0.3 is 0 Å². The topological polar surface area (TPSA) is 61.4 Å². The third-order valence-corrected chi connectivity index (χ3v) is 4.87. The zero-order valence-electron chi connectivity index (χ0n) is 15.3. The molecule has 0 aliphatic carbocycles. The van der Waals surface area contributed by atoms with Crippen molar-refractivity contribution in [1.29, 1.82) is 0 Å². The highest BCUT2D eigenvalue weighted by Crippen LogP contribution is 2.21. The van der Waals surface area contributed by atoms with Crippen LogP contribution in [0.1, 0.15) is 10.4 Å². The Morgan fingerprint density at radius 1 is 0.964 bits per heavy atom. The summed E-state index contributed by atoms with van der Waals surface area (Å²) in [6.45, 7) is 2.83. The molecule has 1 saturated heterocycles. The Hall–Kier alpha value is -3.12. The largest absolute Gasteiger partial charge is 0.354 e. The van der Waals surface area contributed by atoms with Crippen molar-refractivity contribution >= 4 is 34.7 Å². The van der Waals surface area contributed by atoms with Gasteiger partial charge in [0.15, 0.2) is 0 Å². The number of hydrogen-bond acceptors (Lipinski definition) is 5. The molecule has 1 aliphatic heterocycles. The molecule has 1 amide bonds. The standard InChI is InChI=1S/C21H20ClN5O/c22-17-4-3-5-18(13-17)25-19-12-16(14-23-15-19)21(28)27-10-8-26(9-11-27)20-6-1-2-7-24-20/h1-7,12-15,25H,8-11H2. The molecular formula is C21H20ClN5O. The summed E-state index contributed by atoms with van der Waals surface area (Å²) in [6, 6.07) is 15.1. The number of nitrogens with zero attached hydrogens (tertiary/aromatic N) is 4. The number of amides is 1. The van der Waals surface area contributed by atoms with Gasteiger partial charge in [0, 0.05) is 49.3 Å². The van der Waals surface area contributed by atoms with E-state index in [0.29, 0.717) is 23.7 Å². The summed E-state index contributed by atoms with van der Waals surface area (Å²) < 4.78 is 0. The average Bonchev–Trinajstić information content (AvgIpc) is 2.74. The van der Waals surface area contributed by atoms with Crippen molar-refractivity contribution < 1.29 is 4.79 Å². The Labute approximate surface area is 168 Å². The fraction of sp³-hybridized carbons (Fsp3) is 0.190. The number of pyridine rings is 2. The molecule has 0 saturated carbocycles. The van der Waals surface area contributed by atoms with Crippen LogP contribution in [0.3, 0.4) is 0 Å². The molecule has 7 heteroatoms. The summed E-state index contributed by atoms with van der Waals surface area (Å²) >= 11 is 6.03. The van der Waals surface area contributed by atoms with Crippen LogP contribution in [0.15, 0.2) is 67.1 Å². The van der Waals surface area contributed by atoms with Gasteiger partial charge in [-0.25, -0.2) is 4.98 Å². The van der Waals surface area contributed by atoms with Gasteiger partial charge in [0.25, 0.3) is 5.91 Å². The Bertz CT molecular complexity index is 958. The summed E-state index contributed by atoms with van der Waals surface area (Å²) in [5, 5.41) is 3.89. The Kier molecular flexibility index (Phi) is 5.39. The van der Waals surface area contributed by atoms with Crippen LogP contribution in [0.25, 0.3) is 0 Å². The maximum atomic E-state index is 12.9. The second kappa shape index (κ2) is 8.27. The average molecular weight is 394 g/mol. The monoisotopic (exact) mass is 393 g/mol. The highest BCUT2D eigenvalue weighted by Gasteiger charge is 2.23. The lowest BCUT2D eigenvalue weighted by molar-refractivity contribution is 0.0746. The van der Waals surface area contributed by atoms with E-state index >= 15 is 0 Å². The van der Waals surface area contributed by atoms with Crippen LogP contribution in [-0.2, 0) is 0 Å². The summed E-state index contributed by atoms with van der Waals surface area (Å²) in [4.78, 5) is 25.6. The highest BCUT2D eigenvalue weighted by molar-refractivity contribution is 6.30. The van der Waals surface area contributed by atoms with Gasteiger partial charge in [-0.3, -0.25) is 9.78 Å². The lowest BCUT2D eigenvalue weighted by atomic mass is 10.2. The van der Waals surface area contributed by atoms with Crippen LogP contribution in [-0.4, -0.2) is 47.0 Å². The van der Waals surface area contributed by atoms with Gasteiger partial charge in [0.05, 0.1) is 17.4 Å². The number of benzene rings is 1. The molecule has 2 aromatic heterocycles. The van der Waals surface area contributed by atoms with Crippen molar-refractivity contribution in [1.82, 2.24) is 14.9 Å². The molecule has 0 bridgehead atoms. The third kappa shape index (κ3) is 4.23. The second-order valence-corrected chi connectivity index (χ2v) is 7.00. The van der Waals surface area contributed by atoms with E-state index < -0.39 is 0 Å². The van der Waals surface area contributed by atoms with Crippen LogP contribution in [0.2, 0.25) is 5.02 Å². The van der Waals surface area contributed by atoms with Gasteiger partial charge in [-0.15, -0.1) is 0 Å². The first kappa shape index (κ1) is 18.3. The van der Waals surface area contributed by atoms with Crippen LogP contribution in [0, 0.1) is 0 Å². The van der Waals surface area contributed by atoms with Gasteiger partial charge in [-0.1, -0.05) is 23.7 Å². The van der Waals surface area contributed by atoms with E-state index in [2.05, 4.69) is 20.2 Å². The van der Waals surface area contributed by atoms with Crippen LogP contribution < -0.4 is 10.2 Å². The third-order valence-electron chi connectivity index (χ3n) is 4.64. The molecule has 0 atom stereocenters. The van der Waals surface area contributed by atoms with Crippen molar-refractivity contribution in [3.8, 4) is 0 Å². The minimum Gasteiger partial charge on any atom is -0.354 e. The Balaban J connectivity index is 1.41. The number of halogens is 1. The van der Waals surface area contributed by atoms with Gasteiger partial charge in [0.2, 0.25) is 0 Å². The fourth-order valence-electron chi connectivity index (χ4n) is 3.22. The fourth-order valence-corrected chi connectivity index (χ4v) is 3.41. The van der Waals surface area contributed by atoms with Crippen LogP contribution in [0.5, 0.6) is 0 Å². The molecule has 3 aromatic rings. The van der Waals surface area contributed by atoms with E-state index in [1.165, 1.54) is 0 Å². The molecular weight excluding hydrogens is 374 g/mol. The highest BCUT2D eigenvalue weighted by atomic mass is 35.5. The SMILES string of the molecule is O=C(c1cncc(Nc2cccc(Cl)c2)c1)N1CCN(c2ccccn2)CC1. The number of carbonyl (C=O) groups is 1. The first-order valence-corrected chi connectivity index (χ1v) is 9.50. The lowest BCUT2D eigenvalue weighted by Gasteiger charge is -2.35. The van der Waals surface area contributed by atoms with E-state index in [1.54, 1.807) is 18.6 Å².